The highest BCUT2D eigenvalue weighted by molar-refractivity contribution is 7.18. The Morgan fingerprint density at radius 1 is 1.16 bits per heavy atom. The molecule has 0 bridgehead atoms. The molecule has 0 saturated heterocycles. The monoisotopic (exact) mass is 268 g/mol. The highest BCUT2D eigenvalue weighted by atomic mass is 32.1. The molecule has 2 aromatic heterocycles. The number of benzene rings is 1. The lowest BCUT2D eigenvalue weighted by molar-refractivity contribution is 0.590. The molecule has 3 heterocycles. The second kappa shape index (κ2) is 4.36. The van der Waals surface area contributed by atoms with E-state index in [1.807, 2.05) is 0 Å². The van der Waals surface area contributed by atoms with E-state index in [2.05, 4.69) is 44.5 Å². The number of thiazole rings is 1. The van der Waals surface area contributed by atoms with Crippen LogP contribution in [0.5, 0.6) is 0 Å². The Balaban J connectivity index is 1.85. The van der Waals surface area contributed by atoms with Gasteiger partial charge in [0.05, 0.1) is 0 Å². The van der Waals surface area contributed by atoms with Crippen LogP contribution >= 0.6 is 11.3 Å². The van der Waals surface area contributed by atoms with E-state index >= 15 is 0 Å². The first-order valence-electron chi connectivity index (χ1n) is 6.28. The standard InChI is InChI=1S/C14H12N4S/c1-2-4-10-9(3-1)7-15-8-11(10)13-18-12-14(19-13)17-6-5-16-12/h1-6,11,15H,7-8H2. The lowest BCUT2D eigenvalue weighted by Crippen LogP contribution is -2.28. The van der Waals surface area contributed by atoms with Gasteiger partial charge in [-0.1, -0.05) is 35.6 Å². The Labute approximate surface area is 114 Å². The molecule has 0 spiro atoms. The molecule has 19 heavy (non-hydrogen) atoms. The molecule has 4 nitrogen and oxygen atoms in total. The van der Waals surface area contributed by atoms with E-state index in [-0.39, 0.29) is 0 Å². The largest absolute Gasteiger partial charge is 0.312 e. The second-order valence-electron chi connectivity index (χ2n) is 4.62. The fourth-order valence-corrected chi connectivity index (χ4v) is 3.54. The van der Waals surface area contributed by atoms with Crippen LogP contribution in [0.4, 0.5) is 0 Å². The van der Waals surface area contributed by atoms with E-state index in [1.54, 1.807) is 23.7 Å². The molecule has 4 rings (SSSR count). The van der Waals surface area contributed by atoms with E-state index in [0.29, 0.717) is 5.92 Å². The smallest absolute Gasteiger partial charge is 0.189 e. The summed E-state index contributed by atoms with van der Waals surface area (Å²) in [5.74, 6) is 0.311. The third-order valence-corrected chi connectivity index (χ3v) is 4.52. The van der Waals surface area contributed by atoms with Gasteiger partial charge in [0.2, 0.25) is 0 Å². The Kier molecular flexibility index (Phi) is 2.53. The van der Waals surface area contributed by atoms with Crippen molar-refractivity contribution in [2.24, 2.45) is 0 Å². The van der Waals surface area contributed by atoms with Crippen molar-refractivity contribution in [2.45, 2.75) is 12.5 Å². The van der Waals surface area contributed by atoms with Crippen molar-refractivity contribution in [1.82, 2.24) is 20.3 Å². The predicted octanol–water partition coefficient (Wildman–Crippen LogP) is 2.32. The van der Waals surface area contributed by atoms with Crippen molar-refractivity contribution in [3.05, 3.63) is 52.8 Å². The minimum absolute atomic E-state index is 0.311. The first kappa shape index (κ1) is 11.0. The van der Waals surface area contributed by atoms with Crippen LogP contribution in [0.2, 0.25) is 0 Å². The molecule has 94 valence electrons. The van der Waals surface area contributed by atoms with Gasteiger partial charge in [0.25, 0.3) is 0 Å². The molecule has 1 atom stereocenters. The van der Waals surface area contributed by atoms with E-state index in [0.717, 1.165) is 28.6 Å². The normalized spacial score (nSPS) is 18.4. The maximum atomic E-state index is 4.64. The molecule has 0 amide bonds. The fourth-order valence-electron chi connectivity index (χ4n) is 2.56. The van der Waals surface area contributed by atoms with E-state index < -0.39 is 0 Å². The molecule has 1 aromatic carbocycles. The molecule has 1 N–H and O–H groups in total. The Morgan fingerprint density at radius 2 is 2.05 bits per heavy atom. The van der Waals surface area contributed by atoms with Crippen molar-refractivity contribution < 1.29 is 0 Å². The van der Waals surface area contributed by atoms with Gasteiger partial charge in [-0.15, -0.1) is 0 Å². The van der Waals surface area contributed by atoms with Crippen LogP contribution in [-0.2, 0) is 6.54 Å². The zero-order chi connectivity index (χ0) is 12.7. The number of fused-ring (bicyclic) bond motifs is 2. The van der Waals surface area contributed by atoms with Crippen LogP contribution in [-0.4, -0.2) is 21.5 Å². The minimum Gasteiger partial charge on any atom is -0.312 e. The van der Waals surface area contributed by atoms with Crippen LogP contribution < -0.4 is 5.32 Å². The topological polar surface area (TPSA) is 50.7 Å². The van der Waals surface area contributed by atoms with Crippen molar-refractivity contribution in [1.29, 1.82) is 0 Å². The van der Waals surface area contributed by atoms with E-state index in [1.165, 1.54) is 11.1 Å². The summed E-state index contributed by atoms with van der Waals surface area (Å²) in [6, 6.07) is 8.57. The zero-order valence-corrected chi connectivity index (χ0v) is 11.0. The van der Waals surface area contributed by atoms with Crippen LogP contribution in [0.1, 0.15) is 22.1 Å². The lowest BCUT2D eigenvalue weighted by atomic mass is 9.91. The van der Waals surface area contributed by atoms with Gasteiger partial charge < -0.3 is 5.32 Å². The molecule has 1 aliphatic heterocycles. The van der Waals surface area contributed by atoms with Crippen LogP contribution in [0.3, 0.4) is 0 Å². The Morgan fingerprint density at radius 3 is 3.00 bits per heavy atom. The average Bonchev–Trinajstić information content (AvgIpc) is 2.90. The summed E-state index contributed by atoms with van der Waals surface area (Å²) < 4.78 is 0. The Bertz CT molecular complexity index is 704. The number of aromatic nitrogens is 3. The van der Waals surface area contributed by atoms with Gasteiger partial charge in [0.15, 0.2) is 10.5 Å². The van der Waals surface area contributed by atoms with Gasteiger partial charge in [-0.05, 0) is 11.1 Å². The molecular weight excluding hydrogens is 256 g/mol. The van der Waals surface area contributed by atoms with Crippen LogP contribution in [0.15, 0.2) is 36.7 Å². The summed E-state index contributed by atoms with van der Waals surface area (Å²) in [5, 5.41) is 4.56. The van der Waals surface area contributed by atoms with Gasteiger partial charge in [-0.3, -0.25) is 0 Å². The molecule has 5 heteroatoms. The van der Waals surface area contributed by atoms with Crippen molar-refractivity contribution in [3.63, 3.8) is 0 Å². The molecule has 3 aromatic rings. The molecule has 1 aliphatic rings. The van der Waals surface area contributed by atoms with Crippen molar-refractivity contribution >= 4 is 21.8 Å². The lowest BCUT2D eigenvalue weighted by Gasteiger charge is -2.24. The van der Waals surface area contributed by atoms with Crippen molar-refractivity contribution in [3.8, 4) is 0 Å². The number of hydrogen-bond acceptors (Lipinski definition) is 5. The molecular formula is C14H12N4S. The predicted molar refractivity (Wildman–Crippen MR) is 75.2 cm³/mol. The highest BCUT2D eigenvalue weighted by Gasteiger charge is 2.24. The van der Waals surface area contributed by atoms with Gasteiger partial charge in [-0.25, -0.2) is 15.0 Å². The average molecular weight is 268 g/mol. The molecule has 0 saturated carbocycles. The summed E-state index contributed by atoms with van der Waals surface area (Å²) >= 11 is 1.64. The minimum atomic E-state index is 0.311. The summed E-state index contributed by atoms with van der Waals surface area (Å²) in [5.41, 5.74) is 3.49. The maximum absolute atomic E-state index is 4.64. The second-order valence-corrected chi connectivity index (χ2v) is 5.63. The first-order valence-corrected chi connectivity index (χ1v) is 7.09. The molecule has 0 aliphatic carbocycles. The van der Waals surface area contributed by atoms with Crippen LogP contribution in [0, 0.1) is 0 Å². The van der Waals surface area contributed by atoms with Crippen molar-refractivity contribution in [2.75, 3.05) is 6.54 Å². The first-order chi connectivity index (χ1) is 9.42. The fraction of sp³-hybridized carbons (Fsp3) is 0.214. The van der Waals surface area contributed by atoms with Gasteiger partial charge >= 0.3 is 0 Å². The third kappa shape index (κ3) is 1.82. The van der Waals surface area contributed by atoms with Gasteiger partial charge in [-0.2, -0.15) is 0 Å². The maximum Gasteiger partial charge on any atom is 0.189 e. The SMILES string of the molecule is c1ccc2c(c1)CNCC2c1nc2nccnc2s1. The Hall–Kier alpha value is -1.85. The summed E-state index contributed by atoms with van der Waals surface area (Å²) in [4.78, 5) is 14.2. The number of nitrogens with one attached hydrogen (secondary N) is 1. The third-order valence-electron chi connectivity index (χ3n) is 3.46. The quantitative estimate of drug-likeness (QED) is 0.736. The number of hydrogen-bond donors (Lipinski definition) is 1. The molecule has 1 unspecified atom stereocenters. The van der Waals surface area contributed by atoms with Gasteiger partial charge in [0, 0.05) is 31.4 Å². The molecule has 0 radical (unpaired) electrons. The van der Waals surface area contributed by atoms with E-state index in [4.69, 9.17) is 0 Å². The van der Waals surface area contributed by atoms with Gasteiger partial charge in [0.1, 0.15) is 5.01 Å². The number of rotatable bonds is 1. The number of nitrogens with zero attached hydrogens (tertiary/aromatic N) is 3. The summed E-state index contributed by atoms with van der Waals surface area (Å²) in [6.07, 6.45) is 3.41. The van der Waals surface area contributed by atoms with Crippen LogP contribution in [0.25, 0.3) is 10.5 Å². The summed E-state index contributed by atoms with van der Waals surface area (Å²) in [6.45, 7) is 1.87. The van der Waals surface area contributed by atoms with E-state index in [9.17, 15) is 0 Å². The molecule has 0 fully saturated rings. The summed E-state index contributed by atoms with van der Waals surface area (Å²) in [7, 11) is 0. The highest BCUT2D eigenvalue weighted by Crippen LogP contribution is 2.33. The zero-order valence-electron chi connectivity index (χ0n) is 10.2.